The molecule has 0 saturated carbocycles. The van der Waals surface area contributed by atoms with E-state index < -0.39 is 23.6 Å². The zero-order valence-corrected chi connectivity index (χ0v) is 7.84. The summed E-state index contributed by atoms with van der Waals surface area (Å²) in [5, 5.41) is 9.57. The second-order valence-corrected chi connectivity index (χ2v) is 3.34. The molecule has 6 heteroatoms. The van der Waals surface area contributed by atoms with Crippen LogP contribution in [-0.4, -0.2) is 20.8 Å². The summed E-state index contributed by atoms with van der Waals surface area (Å²) in [6.07, 6.45) is -0.0490. The van der Waals surface area contributed by atoms with Crippen molar-refractivity contribution in [3.05, 3.63) is 45.4 Å². The zero-order valence-electron chi connectivity index (χ0n) is 7.84. The molecule has 1 aliphatic rings. The van der Waals surface area contributed by atoms with E-state index in [9.17, 15) is 14.7 Å². The first-order valence-electron chi connectivity index (χ1n) is 4.42. The topological polar surface area (TPSA) is 84.3 Å². The Hall–Kier alpha value is -1.82. The van der Waals surface area contributed by atoms with Crippen molar-refractivity contribution >= 4 is 0 Å². The molecule has 0 spiro atoms. The van der Waals surface area contributed by atoms with Crippen LogP contribution in [0.5, 0.6) is 0 Å². The van der Waals surface area contributed by atoms with Gasteiger partial charge in [-0.3, -0.25) is 14.3 Å². The van der Waals surface area contributed by atoms with Gasteiger partial charge in [0, 0.05) is 18.7 Å². The highest BCUT2D eigenvalue weighted by atomic mass is 16.5. The quantitative estimate of drug-likeness (QED) is 0.643. The van der Waals surface area contributed by atoms with Crippen molar-refractivity contribution in [3.63, 3.8) is 0 Å². The molecule has 2 unspecified atom stereocenters. The van der Waals surface area contributed by atoms with E-state index in [1.54, 1.807) is 0 Å². The van der Waals surface area contributed by atoms with Crippen LogP contribution in [0.3, 0.4) is 0 Å². The first kappa shape index (κ1) is 9.72. The summed E-state index contributed by atoms with van der Waals surface area (Å²) in [5.74, 6) is 0.422. The first-order valence-corrected chi connectivity index (χ1v) is 4.42. The minimum Gasteiger partial charge on any atom is -0.472 e. The average molecular weight is 210 g/mol. The van der Waals surface area contributed by atoms with Crippen LogP contribution in [0.15, 0.2) is 34.2 Å². The monoisotopic (exact) mass is 210 g/mol. The lowest BCUT2D eigenvalue weighted by Gasteiger charge is -2.15. The molecule has 1 aromatic rings. The van der Waals surface area contributed by atoms with Crippen molar-refractivity contribution in [2.45, 2.75) is 18.8 Å². The molecule has 1 saturated heterocycles. The fourth-order valence-corrected chi connectivity index (χ4v) is 1.50. The molecule has 15 heavy (non-hydrogen) atoms. The number of aromatic nitrogens is 2. The molecule has 1 aliphatic heterocycles. The molecule has 2 atom stereocenters. The van der Waals surface area contributed by atoms with Crippen LogP contribution in [0.4, 0.5) is 0 Å². The Morgan fingerprint density at radius 1 is 1.60 bits per heavy atom. The second kappa shape index (κ2) is 3.39. The summed E-state index contributed by atoms with van der Waals surface area (Å²) in [5.41, 5.74) is -1.09. The maximum Gasteiger partial charge on any atom is 0.331 e. The Morgan fingerprint density at radius 3 is 2.87 bits per heavy atom. The Bertz CT molecular complexity index is 501. The van der Waals surface area contributed by atoms with Crippen molar-refractivity contribution in [1.29, 1.82) is 0 Å². The molecule has 2 N–H and O–H groups in total. The molecule has 0 amide bonds. The van der Waals surface area contributed by atoms with Gasteiger partial charge in [-0.1, -0.05) is 6.58 Å². The van der Waals surface area contributed by atoms with Crippen LogP contribution < -0.4 is 11.2 Å². The summed E-state index contributed by atoms with van der Waals surface area (Å²) >= 11 is 0. The van der Waals surface area contributed by atoms with Gasteiger partial charge in [0.25, 0.3) is 5.56 Å². The number of aromatic amines is 1. The van der Waals surface area contributed by atoms with E-state index in [2.05, 4.69) is 11.6 Å². The third kappa shape index (κ3) is 1.71. The minimum atomic E-state index is -0.818. The Balaban J connectivity index is 2.42. The predicted molar refractivity (Wildman–Crippen MR) is 51.2 cm³/mol. The number of nitrogens with one attached hydrogen (secondary N) is 1. The minimum absolute atomic E-state index is 0.288. The number of rotatable bonds is 1. The summed E-state index contributed by atoms with van der Waals surface area (Å²) in [6, 6.07) is 1.19. The van der Waals surface area contributed by atoms with Crippen LogP contribution in [0.25, 0.3) is 0 Å². The van der Waals surface area contributed by atoms with Gasteiger partial charge in [0.2, 0.25) is 6.23 Å². The van der Waals surface area contributed by atoms with Crippen molar-refractivity contribution in [2.24, 2.45) is 0 Å². The molecule has 1 aromatic heterocycles. The number of aliphatic hydroxyl groups is 1. The van der Waals surface area contributed by atoms with Crippen LogP contribution in [0, 0.1) is 0 Å². The number of hydrogen-bond acceptors (Lipinski definition) is 4. The van der Waals surface area contributed by atoms with Gasteiger partial charge in [-0.05, 0) is 0 Å². The van der Waals surface area contributed by atoms with Crippen molar-refractivity contribution < 1.29 is 9.84 Å². The third-order valence-corrected chi connectivity index (χ3v) is 2.18. The highest BCUT2D eigenvalue weighted by Crippen LogP contribution is 2.28. The number of H-pyrrole nitrogens is 1. The molecule has 0 bridgehead atoms. The number of nitrogens with zero attached hydrogens (tertiary/aromatic N) is 1. The van der Waals surface area contributed by atoms with E-state index in [1.807, 2.05) is 0 Å². The second-order valence-electron chi connectivity index (χ2n) is 3.34. The molecule has 2 heterocycles. The van der Waals surface area contributed by atoms with Crippen LogP contribution in [0.1, 0.15) is 12.6 Å². The summed E-state index contributed by atoms with van der Waals surface area (Å²) in [4.78, 5) is 24.3. The summed E-state index contributed by atoms with van der Waals surface area (Å²) in [6.45, 7) is 3.56. The van der Waals surface area contributed by atoms with E-state index in [-0.39, 0.29) is 6.42 Å². The normalized spacial score (nSPS) is 25.3. The molecule has 1 fully saturated rings. The fraction of sp³-hybridized carbons (Fsp3) is 0.333. The van der Waals surface area contributed by atoms with Gasteiger partial charge in [-0.25, -0.2) is 4.79 Å². The van der Waals surface area contributed by atoms with Crippen LogP contribution in [-0.2, 0) is 4.74 Å². The lowest BCUT2D eigenvalue weighted by atomic mass is 10.2. The van der Waals surface area contributed by atoms with Crippen molar-refractivity contribution in [1.82, 2.24) is 9.55 Å². The van der Waals surface area contributed by atoms with Gasteiger partial charge < -0.3 is 9.84 Å². The van der Waals surface area contributed by atoms with Gasteiger partial charge in [0.05, 0.1) is 5.76 Å². The van der Waals surface area contributed by atoms with E-state index in [0.717, 1.165) is 4.57 Å². The standard InChI is InChI=1S/C9H10N2O4/c1-5-4-6(12)8(15-5)11-3-2-7(13)10-9(11)14/h2-3,6,8,12H,1,4H2,(H,10,13,14). The molecule has 80 valence electrons. The fourth-order valence-electron chi connectivity index (χ4n) is 1.50. The van der Waals surface area contributed by atoms with E-state index in [0.29, 0.717) is 5.76 Å². The molecule has 0 radical (unpaired) electrons. The molecular formula is C9H10N2O4. The molecule has 2 rings (SSSR count). The number of hydrogen-bond donors (Lipinski definition) is 2. The smallest absolute Gasteiger partial charge is 0.331 e. The van der Waals surface area contributed by atoms with Gasteiger partial charge >= 0.3 is 5.69 Å². The Kier molecular flexibility index (Phi) is 2.20. The largest absolute Gasteiger partial charge is 0.472 e. The van der Waals surface area contributed by atoms with Crippen LogP contribution >= 0.6 is 0 Å². The Morgan fingerprint density at radius 2 is 2.33 bits per heavy atom. The molecular weight excluding hydrogens is 200 g/mol. The molecule has 6 nitrogen and oxygen atoms in total. The molecule has 0 aromatic carbocycles. The van der Waals surface area contributed by atoms with Crippen molar-refractivity contribution in [3.8, 4) is 0 Å². The zero-order chi connectivity index (χ0) is 11.0. The SMILES string of the molecule is C=C1CC(O)C(n2ccc(=O)[nH]c2=O)O1. The van der Waals surface area contributed by atoms with E-state index in [1.165, 1.54) is 12.3 Å². The molecule has 0 aliphatic carbocycles. The summed E-state index contributed by atoms with van der Waals surface area (Å²) in [7, 11) is 0. The third-order valence-electron chi connectivity index (χ3n) is 2.18. The van der Waals surface area contributed by atoms with E-state index >= 15 is 0 Å². The van der Waals surface area contributed by atoms with Gasteiger partial charge in [0.15, 0.2) is 0 Å². The average Bonchev–Trinajstić information content (AvgIpc) is 2.45. The van der Waals surface area contributed by atoms with Gasteiger partial charge in [-0.15, -0.1) is 0 Å². The van der Waals surface area contributed by atoms with Gasteiger partial charge in [-0.2, -0.15) is 0 Å². The van der Waals surface area contributed by atoms with E-state index in [4.69, 9.17) is 4.74 Å². The maximum absolute atomic E-state index is 11.4. The maximum atomic E-state index is 11.4. The van der Waals surface area contributed by atoms with Crippen molar-refractivity contribution in [2.75, 3.05) is 0 Å². The number of ether oxygens (including phenoxy) is 1. The summed E-state index contributed by atoms with van der Waals surface area (Å²) < 4.78 is 6.31. The predicted octanol–water partition coefficient (Wildman–Crippen LogP) is -0.670. The lowest BCUT2D eigenvalue weighted by molar-refractivity contribution is 0.00551. The highest BCUT2D eigenvalue weighted by Gasteiger charge is 2.31. The number of aliphatic hydroxyl groups excluding tert-OH is 1. The lowest BCUT2D eigenvalue weighted by Crippen LogP contribution is -2.34. The van der Waals surface area contributed by atoms with Gasteiger partial charge in [0.1, 0.15) is 6.10 Å². The highest BCUT2D eigenvalue weighted by molar-refractivity contribution is 4.97. The Labute approximate surface area is 84.4 Å². The first-order chi connectivity index (χ1) is 7.08. The van der Waals surface area contributed by atoms with Crippen LogP contribution in [0.2, 0.25) is 0 Å².